The van der Waals surface area contributed by atoms with Gasteiger partial charge in [-0.2, -0.15) is 5.26 Å². The first kappa shape index (κ1) is 19.1. The molecule has 1 aliphatic rings. The van der Waals surface area contributed by atoms with Gasteiger partial charge in [-0.3, -0.25) is 9.69 Å². The monoisotopic (exact) mass is 362 g/mol. The highest BCUT2D eigenvalue weighted by molar-refractivity contribution is 5.95. The summed E-state index contributed by atoms with van der Waals surface area (Å²) in [6.45, 7) is 6.68. The minimum atomic E-state index is -0.215. The average molecular weight is 362 g/mol. The molecule has 0 aliphatic carbocycles. The Balaban J connectivity index is 1.47. The quantitative estimate of drug-likeness (QED) is 0.858. The number of carbonyl (C=O) groups is 1. The van der Waals surface area contributed by atoms with Crippen LogP contribution < -0.4 is 5.32 Å². The van der Waals surface area contributed by atoms with Gasteiger partial charge < -0.3 is 10.2 Å². The van der Waals surface area contributed by atoms with Gasteiger partial charge in [0, 0.05) is 32.7 Å². The van der Waals surface area contributed by atoms with Crippen molar-refractivity contribution >= 4 is 11.6 Å². The van der Waals surface area contributed by atoms with E-state index in [2.05, 4.69) is 45.5 Å². The molecule has 1 atom stereocenters. The highest BCUT2D eigenvalue weighted by atomic mass is 16.2. The zero-order valence-corrected chi connectivity index (χ0v) is 15.8. The molecule has 3 rings (SSSR count). The van der Waals surface area contributed by atoms with Crippen molar-refractivity contribution in [2.75, 3.05) is 38.0 Å². The number of carbonyl (C=O) groups excluding carboxylic acids is 1. The zero-order chi connectivity index (χ0) is 19.1. The van der Waals surface area contributed by atoms with Gasteiger partial charge >= 0.3 is 0 Å². The fourth-order valence-electron chi connectivity index (χ4n) is 3.40. The second kappa shape index (κ2) is 9.31. The van der Waals surface area contributed by atoms with E-state index in [-0.39, 0.29) is 11.9 Å². The van der Waals surface area contributed by atoms with E-state index in [1.807, 2.05) is 19.1 Å². The normalized spacial score (nSPS) is 16.4. The number of hydrogen-bond acceptors (Lipinski definition) is 4. The molecule has 1 N–H and O–H groups in total. The molecular formula is C22H26N4O. The summed E-state index contributed by atoms with van der Waals surface area (Å²) >= 11 is 0. The van der Waals surface area contributed by atoms with Crippen molar-refractivity contribution < 1.29 is 4.79 Å². The lowest BCUT2D eigenvalue weighted by Gasteiger charge is -2.37. The largest absolute Gasteiger partial charge is 0.324 e. The molecule has 5 heteroatoms. The zero-order valence-electron chi connectivity index (χ0n) is 15.8. The number of piperazine rings is 1. The maximum absolute atomic E-state index is 12.6. The van der Waals surface area contributed by atoms with Gasteiger partial charge in [0.15, 0.2) is 0 Å². The molecular weight excluding hydrogens is 336 g/mol. The van der Waals surface area contributed by atoms with E-state index < -0.39 is 0 Å². The lowest BCUT2D eigenvalue weighted by Crippen LogP contribution is -2.53. The molecule has 1 amide bonds. The van der Waals surface area contributed by atoms with E-state index in [4.69, 9.17) is 5.26 Å². The molecule has 5 nitrogen and oxygen atoms in total. The summed E-state index contributed by atoms with van der Waals surface area (Å²) in [7, 11) is 0. The molecule has 0 bridgehead atoms. The Labute approximate surface area is 161 Å². The number of nitrogens with zero attached hydrogens (tertiary/aromatic N) is 3. The lowest BCUT2D eigenvalue weighted by atomic mass is 10.1. The molecule has 0 saturated carbocycles. The van der Waals surface area contributed by atoms with Crippen LogP contribution in [0, 0.1) is 11.3 Å². The lowest BCUT2D eigenvalue weighted by molar-refractivity contribution is -0.121. The Kier molecular flexibility index (Phi) is 6.59. The Morgan fingerprint density at radius 3 is 2.44 bits per heavy atom. The Morgan fingerprint density at radius 2 is 1.74 bits per heavy atom. The van der Waals surface area contributed by atoms with Crippen LogP contribution in [0.1, 0.15) is 18.1 Å². The number of hydrogen-bond donors (Lipinski definition) is 1. The van der Waals surface area contributed by atoms with Gasteiger partial charge in [0.25, 0.3) is 0 Å². The molecule has 1 heterocycles. The molecule has 1 fully saturated rings. The maximum atomic E-state index is 12.6. The van der Waals surface area contributed by atoms with Gasteiger partial charge in [0.2, 0.25) is 5.91 Å². The first-order valence-corrected chi connectivity index (χ1v) is 9.47. The second-order valence-electron chi connectivity index (χ2n) is 6.94. The first-order chi connectivity index (χ1) is 13.2. The minimum Gasteiger partial charge on any atom is -0.324 e. The van der Waals surface area contributed by atoms with Gasteiger partial charge in [-0.1, -0.05) is 42.5 Å². The third kappa shape index (κ3) is 5.16. The molecule has 140 valence electrons. The topological polar surface area (TPSA) is 59.4 Å². The van der Waals surface area contributed by atoms with Gasteiger partial charge in [-0.15, -0.1) is 0 Å². The summed E-state index contributed by atoms with van der Waals surface area (Å²) in [4.78, 5) is 17.3. The van der Waals surface area contributed by atoms with Crippen molar-refractivity contribution in [1.82, 2.24) is 9.80 Å². The molecule has 1 saturated heterocycles. The van der Waals surface area contributed by atoms with E-state index >= 15 is 0 Å². The van der Waals surface area contributed by atoms with Crippen LogP contribution in [0.5, 0.6) is 0 Å². The van der Waals surface area contributed by atoms with Crippen LogP contribution in [0.2, 0.25) is 0 Å². The predicted octanol–water partition coefficient (Wildman–Crippen LogP) is 2.75. The van der Waals surface area contributed by atoms with Crippen molar-refractivity contribution in [2.45, 2.75) is 19.4 Å². The smallest absolute Gasteiger partial charge is 0.241 e. The molecule has 2 aromatic carbocycles. The predicted molar refractivity (Wildman–Crippen MR) is 107 cm³/mol. The summed E-state index contributed by atoms with van der Waals surface area (Å²) in [5, 5.41) is 12.1. The summed E-state index contributed by atoms with van der Waals surface area (Å²) in [5.74, 6) is -0.0598. The van der Waals surface area contributed by atoms with Crippen molar-refractivity contribution in [3.8, 4) is 6.07 Å². The number of benzene rings is 2. The van der Waals surface area contributed by atoms with Crippen molar-refractivity contribution in [3.05, 3.63) is 65.7 Å². The van der Waals surface area contributed by atoms with Crippen LogP contribution in [0.3, 0.4) is 0 Å². The Hall–Kier alpha value is -2.68. The Bertz CT molecular complexity index is 791. The number of anilines is 1. The van der Waals surface area contributed by atoms with Gasteiger partial charge in [0.1, 0.15) is 6.07 Å². The maximum Gasteiger partial charge on any atom is 0.241 e. The van der Waals surface area contributed by atoms with Crippen LogP contribution in [-0.2, 0) is 11.2 Å². The summed E-state index contributed by atoms with van der Waals surface area (Å²) in [6.07, 6.45) is 1.06. The molecule has 27 heavy (non-hydrogen) atoms. The van der Waals surface area contributed by atoms with Gasteiger partial charge in [-0.25, -0.2) is 0 Å². The van der Waals surface area contributed by atoms with Gasteiger partial charge in [0.05, 0.1) is 17.3 Å². The number of para-hydroxylation sites is 1. The van der Waals surface area contributed by atoms with Crippen LogP contribution in [0.25, 0.3) is 0 Å². The van der Waals surface area contributed by atoms with E-state index in [0.717, 1.165) is 39.1 Å². The average Bonchev–Trinajstić information content (AvgIpc) is 2.73. The van der Waals surface area contributed by atoms with Crippen LogP contribution in [-0.4, -0.2) is 54.5 Å². The molecule has 0 radical (unpaired) electrons. The number of nitrogens with one attached hydrogen (secondary N) is 1. The fraction of sp³-hybridized carbons (Fsp3) is 0.364. The highest BCUT2D eigenvalue weighted by Crippen LogP contribution is 2.15. The summed E-state index contributed by atoms with van der Waals surface area (Å²) in [6, 6.07) is 19.6. The highest BCUT2D eigenvalue weighted by Gasteiger charge is 2.25. The van der Waals surface area contributed by atoms with Gasteiger partial charge in [-0.05, 0) is 31.0 Å². The van der Waals surface area contributed by atoms with Crippen LogP contribution >= 0.6 is 0 Å². The number of rotatable bonds is 6. The van der Waals surface area contributed by atoms with Crippen LogP contribution in [0.15, 0.2) is 54.6 Å². The minimum absolute atomic E-state index is 0.0598. The number of amides is 1. The standard InChI is InChI=1S/C22H26N4O/c1-18(22(27)24-21-10-6-5-9-20(21)17-23)26-15-13-25(14-16-26)12-11-19-7-3-2-4-8-19/h2-10,18H,11-16H2,1H3,(H,24,27)/t18-/m1/s1. The molecule has 0 aromatic heterocycles. The van der Waals surface area contributed by atoms with Crippen LogP contribution in [0.4, 0.5) is 5.69 Å². The van der Waals surface area contributed by atoms with E-state index in [0.29, 0.717) is 11.3 Å². The van der Waals surface area contributed by atoms with E-state index in [1.165, 1.54) is 5.56 Å². The Morgan fingerprint density at radius 1 is 1.07 bits per heavy atom. The number of nitriles is 1. The molecule has 0 spiro atoms. The van der Waals surface area contributed by atoms with Crippen molar-refractivity contribution in [2.24, 2.45) is 0 Å². The first-order valence-electron chi connectivity index (χ1n) is 9.47. The van der Waals surface area contributed by atoms with E-state index in [1.54, 1.807) is 18.2 Å². The third-order valence-corrected chi connectivity index (χ3v) is 5.20. The third-order valence-electron chi connectivity index (χ3n) is 5.20. The van der Waals surface area contributed by atoms with Crippen molar-refractivity contribution in [1.29, 1.82) is 5.26 Å². The second-order valence-corrected chi connectivity index (χ2v) is 6.94. The summed E-state index contributed by atoms with van der Waals surface area (Å²) < 4.78 is 0. The summed E-state index contributed by atoms with van der Waals surface area (Å²) in [5.41, 5.74) is 2.44. The fourth-order valence-corrected chi connectivity index (χ4v) is 3.40. The molecule has 2 aromatic rings. The molecule has 0 unspecified atom stereocenters. The molecule has 1 aliphatic heterocycles. The van der Waals surface area contributed by atoms with Crippen molar-refractivity contribution in [3.63, 3.8) is 0 Å². The van der Waals surface area contributed by atoms with E-state index in [9.17, 15) is 4.79 Å². The SMILES string of the molecule is C[C@H](C(=O)Nc1ccccc1C#N)N1CCN(CCc2ccccc2)CC1.